The molecule has 1 aromatic heterocycles. The molecule has 6 nitrogen and oxygen atoms in total. The number of hydrogen-bond acceptors (Lipinski definition) is 5. The molecule has 10 heteroatoms. The van der Waals surface area contributed by atoms with Crippen LogP contribution in [0.25, 0.3) is 0 Å². The van der Waals surface area contributed by atoms with Gasteiger partial charge in [-0.3, -0.25) is 4.72 Å². The average molecular weight is 408 g/mol. The lowest BCUT2D eigenvalue weighted by molar-refractivity contribution is 0.601. The summed E-state index contributed by atoms with van der Waals surface area (Å²) in [6.07, 6.45) is 2.66. The Kier molecular flexibility index (Phi) is 4.77. The molecule has 2 aromatic rings. The number of sulfonamides is 1. The van der Waals surface area contributed by atoms with E-state index in [1.807, 2.05) is 0 Å². The van der Waals surface area contributed by atoms with E-state index in [1.54, 1.807) is 0 Å². The summed E-state index contributed by atoms with van der Waals surface area (Å²) < 4.78 is 27.2. The number of thiocarbonyl (C=S) groups is 1. The van der Waals surface area contributed by atoms with Gasteiger partial charge in [0.15, 0.2) is 5.82 Å². The Morgan fingerprint density at radius 3 is 2.57 bits per heavy atom. The molecule has 0 radical (unpaired) electrons. The number of rotatable bonds is 4. The quantitative estimate of drug-likeness (QED) is 0.755. The van der Waals surface area contributed by atoms with E-state index < -0.39 is 10.0 Å². The molecule has 0 aliphatic carbocycles. The van der Waals surface area contributed by atoms with Gasteiger partial charge >= 0.3 is 0 Å². The molecule has 0 spiro atoms. The number of halogens is 2. The van der Waals surface area contributed by atoms with Crippen molar-refractivity contribution in [2.75, 3.05) is 4.72 Å². The maximum Gasteiger partial charge on any atom is 0.263 e. The van der Waals surface area contributed by atoms with E-state index in [1.165, 1.54) is 30.6 Å². The number of nitrogens with zero attached hydrogens (tertiary/aromatic N) is 2. The van der Waals surface area contributed by atoms with Crippen LogP contribution in [0, 0.1) is 0 Å². The minimum Gasteiger partial charge on any atom is -0.389 e. The smallest absolute Gasteiger partial charge is 0.263 e. The van der Waals surface area contributed by atoms with E-state index in [9.17, 15) is 8.42 Å². The number of hydrogen-bond donors (Lipinski definition) is 2. The first-order valence-corrected chi connectivity index (χ1v) is 8.45. The van der Waals surface area contributed by atoms with Crippen molar-refractivity contribution in [3.05, 3.63) is 45.8 Å². The average Bonchev–Trinajstić information content (AvgIpc) is 2.40. The molecule has 0 unspecified atom stereocenters. The Morgan fingerprint density at radius 1 is 1.33 bits per heavy atom. The van der Waals surface area contributed by atoms with Gasteiger partial charge in [-0.1, -0.05) is 23.8 Å². The van der Waals surface area contributed by atoms with Crippen LogP contribution in [0.5, 0.6) is 0 Å². The number of nitrogens with one attached hydrogen (secondary N) is 1. The van der Waals surface area contributed by atoms with E-state index in [-0.39, 0.29) is 20.7 Å². The molecular weight excluding hydrogens is 400 g/mol. The van der Waals surface area contributed by atoms with Crippen molar-refractivity contribution in [2.24, 2.45) is 5.73 Å². The van der Waals surface area contributed by atoms with Gasteiger partial charge in [-0.2, -0.15) is 0 Å². The standard InChI is InChI=1S/C11H8BrClN4O2S2/c12-9-4-16-10(5-15-9)17-21(18,19)6-1-2-7(11(14)20)8(13)3-6/h1-5H,(H2,14,20)(H,16,17). The van der Waals surface area contributed by atoms with E-state index in [0.717, 1.165) is 0 Å². The van der Waals surface area contributed by atoms with Crippen LogP contribution in [0.3, 0.4) is 0 Å². The number of benzene rings is 1. The fourth-order valence-electron chi connectivity index (χ4n) is 1.42. The van der Waals surface area contributed by atoms with Crippen LogP contribution < -0.4 is 10.5 Å². The fourth-order valence-corrected chi connectivity index (χ4v) is 3.23. The molecule has 0 aliphatic rings. The Hall–Kier alpha value is -1.29. The van der Waals surface area contributed by atoms with Gasteiger partial charge in [-0.25, -0.2) is 18.4 Å². The van der Waals surface area contributed by atoms with Gasteiger partial charge in [0.1, 0.15) is 9.59 Å². The van der Waals surface area contributed by atoms with Crippen LogP contribution >= 0.6 is 39.7 Å². The highest BCUT2D eigenvalue weighted by Crippen LogP contribution is 2.22. The largest absolute Gasteiger partial charge is 0.389 e. The zero-order valence-corrected chi connectivity index (χ0v) is 14.2. The summed E-state index contributed by atoms with van der Waals surface area (Å²) in [5.41, 5.74) is 5.88. The van der Waals surface area contributed by atoms with E-state index in [4.69, 9.17) is 29.6 Å². The summed E-state index contributed by atoms with van der Waals surface area (Å²) in [7, 11) is -3.83. The first-order valence-electron chi connectivity index (χ1n) is 5.39. The second kappa shape index (κ2) is 6.22. The summed E-state index contributed by atoms with van der Waals surface area (Å²) in [5, 5.41) is 0.160. The molecule has 3 N–H and O–H groups in total. The second-order valence-corrected chi connectivity index (χ2v) is 7.18. The maximum absolute atomic E-state index is 12.2. The highest BCUT2D eigenvalue weighted by Gasteiger charge is 2.17. The lowest BCUT2D eigenvalue weighted by atomic mass is 10.2. The summed E-state index contributed by atoms with van der Waals surface area (Å²) in [6, 6.07) is 4.08. The van der Waals surface area contributed by atoms with Crippen LogP contribution in [0.15, 0.2) is 40.1 Å². The molecular formula is C11H8BrClN4O2S2. The van der Waals surface area contributed by atoms with E-state index >= 15 is 0 Å². The van der Waals surface area contributed by atoms with Crippen LogP contribution in [-0.4, -0.2) is 23.4 Å². The van der Waals surface area contributed by atoms with Gasteiger partial charge in [0, 0.05) is 5.56 Å². The van der Waals surface area contributed by atoms with E-state index in [2.05, 4.69) is 30.6 Å². The zero-order chi connectivity index (χ0) is 15.6. The summed E-state index contributed by atoms with van der Waals surface area (Å²) in [6.45, 7) is 0. The highest BCUT2D eigenvalue weighted by atomic mass is 79.9. The lowest BCUT2D eigenvalue weighted by Crippen LogP contribution is -2.15. The van der Waals surface area contributed by atoms with Crippen molar-refractivity contribution in [3.8, 4) is 0 Å². The van der Waals surface area contributed by atoms with Crippen LogP contribution in [-0.2, 0) is 10.0 Å². The van der Waals surface area contributed by atoms with Gasteiger partial charge in [-0.05, 0) is 34.1 Å². The highest BCUT2D eigenvalue weighted by molar-refractivity contribution is 9.10. The Labute approximate surface area is 139 Å². The Balaban J connectivity index is 2.33. The van der Waals surface area contributed by atoms with Gasteiger partial charge < -0.3 is 5.73 Å². The number of aromatic nitrogens is 2. The van der Waals surface area contributed by atoms with Crippen molar-refractivity contribution < 1.29 is 8.42 Å². The fraction of sp³-hybridized carbons (Fsp3) is 0. The van der Waals surface area contributed by atoms with Gasteiger partial charge in [0.05, 0.1) is 22.3 Å². The molecule has 0 fully saturated rings. The lowest BCUT2D eigenvalue weighted by Gasteiger charge is -2.09. The number of nitrogens with two attached hydrogens (primary N) is 1. The maximum atomic E-state index is 12.2. The summed E-state index contributed by atoms with van der Waals surface area (Å²) >= 11 is 13.9. The molecule has 0 saturated carbocycles. The third kappa shape index (κ3) is 3.88. The van der Waals surface area contributed by atoms with Gasteiger partial charge in [0.25, 0.3) is 10.0 Å². The van der Waals surface area contributed by atoms with Crippen molar-refractivity contribution in [1.82, 2.24) is 9.97 Å². The minimum absolute atomic E-state index is 0.0304. The normalized spacial score (nSPS) is 11.1. The van der Waals surface area contributed by atoms with Crippen molar-refractivity contribution >= 4 is 60.6 Å². The minimum atomic E-state index is -3.83. The Morgan fingerprint density at radius 2 is 2.05 bits per heavy atom. The summed E-state index contributed by atoms with van der Waals surface area (Å²) in [5.74, 6) is 0.0905. The third-order valence-corrected chi connectivity index (χ3v) is 4.67. The van der Waals surface area contributed by atoms with Crippen LogP contribution in [0.1, 0.15) is 5.56 Å². The van der Waals surface area contributed by atoms with Gasteiger partial charge in [0.2, 0.25) is 0 Å². The Bertz CT molecular complexity index is 796. The van der Waals surface area contributed by atoms with Crippen LogP contribution in [0.2, 0.25) is 5.02 Å². The molecule has 0 atom stereocenters. The molecule has 2 rings (SSSR count). The first-order chi connectivity index (χ1) is 9.79. The van der Waals surface area contributed by atoms with Crippen molar-refractivity contribution in [2.45, 2.75) is 4.90 Å². The van der Waals surface area contributed by atoms with Gasteiger partial charge in [-0.15, -0.1) is 0 Å². The van der Waals surface area contributed by atoms with Crippen molar-refractivity contribution in [3.63, 3.8) is 0 Å². The van der Waals surface area contributed by atoms with E-state index in [0.29, 0.717) is 10.2 Å². The predicted octanol–water partition coefficient (Wildman–Crippen LogP) is 2.33. The molecule has 21 heavy (non-hydrogen) atoms. The van der Waals surface area contributed by atoms with Crippen LogP contribution in [0.4, 0.5) is 5.82 Å². The molecule has 1 heterocycles. The molecule has 0 saturated heterocycles. The monoisotopic (exact) mass is 406 g/mol. The molecule has 0 aliphatic heterocycles. The van der Waals surface area contributed by atoms with Crippen molar-refractivity contribution in [1.29, 1.82) is 0 Å². The first kappa shape index (κ1) is 16.1. The third-order valence-electron chi connectivity index (χ3n) is 2.38. The predicted molar refractivity (Wildman–Crippen MR) is 87.9 cm³/mol. The SMILES string of the molecule is NC(=S)c1ccc(S(=O)(=O)Nc2cnc(Br)cn2)cc1Cl. The topological polar surface area (TPSA) is 98.0 Å². The zero-order valence-electron chi connectivity index (χ0n) is 10.2. The molecule has 1 aromatic carbocycles. The molecule has 0 bridgehead atoms. The molecule has 0 amide bonds. The number of anilines is 1. The second-order valence-electron chi connectivity index (χ2n) is 3.84. The summed E-state index contributed by atoms with van der Waals surface area (Å²) in [4.78, 5) is 7.83. The molecule has 110 valence electrons.